The van der Waals surface area contributed by atoms with Crippen LogP contribution < -0.4 is 14.8 Å². The number of ether oxygens (including phenoxy) is 2. The van der Waals surface area contributed by atoms with Crippen LogP contribution in [0.5, 0.6) is 17.4 Å². The summed E-state index contributed by atoms with van der Waals surface area (Å²) < 4.78 is 11.3. The second-order valence-electron chi connectivity index (χ2n) is 6.75. The van der Waals surface area contributed by atoms with Crippen LogP contribution in [0.1, 0.15) is 19.3 Å². The lowest BCUT2D eigenvalue weighted by Crippen LogP contribution is -2.41. The van der Waals surface area contributed by atoms with Crippen LogP contribution >= 0.6 is 24.8 Å². The number of rotatable bonds is 8. The molecule has 29 heavy (non-hydrogen) atoms. The number of halogens is 2. The molecule has 8 heteroatoms. The maximum atomic E-state index is 12.4. The number of hydrogen-bond donors (Lipinski definition) is 1. The van der Waals surface area contributed by atoms with E-state index in [1.807, 2.05) is 36.2 Å². The van der Waals surface area contributed by atoms with Crippen LogP contribution in [-0.2, 0) is 4.79 Å². The van der Waals surface area contributed by atoms with Crippen LogP contribution in [0.4, 0.5) is 0 Å². The van der Waals surface area contributed by atoms with Crippen LogP contribution in [0.3, 0.4) is 0 Å². The Morgan fingerprint density at radius 3 is 2.41 bits per heavy atom. The van der Waals surface area contributed by atoms with Gasteiger partial charge in [-0.25, -0.2) is 4.98 Å². The highest BCUT2D eigenvalue weighted by molar-refractivity contribution is 5.85. The summed E-state index contributed by atoms with van der Waals surface area (Å²) in [4.78, 5) is 18.4. The Kier molecular flexibility index (Phi) is 11.4. The second kappa shape index (κ2) is 13.2. The van der Waals surface area contributed by atoms with Crippen molar-refractivity contribution in [1.82, 2.24) is 15.2 Å². The Bertz CT molecular complexity index is 709. The zero-order valence-electron chi connectivity index (χ0n) is 16.6. The largest absolute Gasteiger partial charge is 0.484 e. The Morgan fingerprint density at radius 1 is 1.10 bits per heavy atom. The first-order valence-electron chi connectivity index (χ1n) is 9.48. The fourth-order valence-corrected chi connectivity index (χ4v) is 3.19. The van der Waals surface area contributed by atoms with Gasteiger partial charge in [-0.2, -0.15) is 0 Å². The van der Waals surface area contributed by atoms with Crippen molar-refractivity contribution in [3.8, 4) is 17.4 Å². The summed E-state index contributed by atoms with van der Waals surface area (Å²) in [5, 5.41) is 3.19. The maximum absolute atomic E-state index is 12.4. The summed E-state index contributed by atoms with van der Waals surface area (Å²) in [7, 11) is 1.98. The number of pyridine rings is 1. The first-order chi connectivity index (χ1) is 13.2. The van der Waals surface area contributed by atoms with Gasteiger partial charge in [-0.3, -0.25) is 4.79 Å². The van der Waals surface area contributed by atoms with Crippen LogP contribution in [-0.4, -0.2) is 49.1 Å². The highest BCUT2D eigenvalue weighted by Gasteiger charge is 2.22. The molecule has 0 aliphatic carbocycles. The summed E-state index contributed by atoms with van der Waals surface area (Å²) in [6.07, 6.45) is 5.02. The number of amides is 1. The van der Waals surface area contributed by atoms with Gasteiger partial charge in [-0.1, -0.05) is 6.07 Å². The quantitative estimate of drug-likeness (QED) is 0.671. The van der Waals surface area contributed by atoms with Gasteiger partial charge in [0.2, 0.25) is 5.88 Å². The Hall–Kier alpha value is -2.02. The lowest BCUT2D eigenvalue weighted by atomic mass is 9.93. The van der Waals surface area contributed by atoms with Gasteiger partial charge in [0.05, 0.1) is 0 Å². The van der Waals surface area contributed by atoms with E-state index < -0.39 is 0 Å². The van der Waals surface area contributed by atoms with Gasteiger partial charge in [0, 0.05) is 25.4 Å². The Morgan fingerprint density at radius 2 is 1.79 bits per heavy atom. The van der Waals surface area contributed by atoms with E-state index in [4.69, 9.17) is 9.47 Å². The summed E-state index contributed by atoms with van der Waals surface area (Å²) >= 11 is 0. The average molecular weight is 442 g/mol. The van der Waals surface area contributed by atoms with Crippen LogP contribution in [0.15, 0.2) is 48.7 Å². The molecule has 1 aromatic carbocycles. The van der Waals surface area contributed by atoms with Crippen molar-refractivity contribution >= 4 is 30.7 Å². The van der Waals surface area contributed by atoms with Gasteiger partial charge < -0.3 is 19.7 Å². The number of benzene rings is 1. The third-order valence-electron chi connectivity index (χ3n) is 4.82. The van der Waals surface area contributed by atoms with E-state index >= 15 is 0 Å². The standard InChI is InChI=1S/C21H27N3O3.2ClH/c1-22-13-9-17-10-14-24(15-11-17)21(25)16-26-18-5-7-19(8-6-18)27-20-4-2-3-12-23-20;;/h2-8,12,17,22H,9-11,13-16H2,1H3;2*1H. The van der Waals surface area contributed by atoms with E-state index in [9.17, 15) is 4.79 Å². The van der Waals surface area contributed by atoms with Gasteiger partial charge in [-0.05, 0) is 69.1 Å². The molecule has 0 atom stereocenters. The van der Waals surface area contributed by atoms with Crippen LogP contribution in [0.2, 0.25) is 0 Å². The molecule has 1 N–H and O–H groups in total. The molecule has 2 heterocycles. The number of carbonyl (C=O) groups is 1. The van der Waals surface area contributed by atoms with Crippen molar-refractivity contribution in [2.45, 2.75) is 19.3 Å². The monoisotopic (exact) mass is 441 g/mol. The smallest absolute Gasteiger partial charge is 0.260 e. The highest BCUT2D eigenvalue weighted by Crippen LogP contribution is 2.23. The van der Waals surface area contributed by atoms with E-state index in [-0.39, 0.29) is 37.3 Å². The molecule has 3 rings (SSSR count). The fourth-order valence-electron chi connectivity index (χ4n) is 3.19. The topological polar surface area (TPSA) is 63.7 Å². The predicted molar refractivity (Wildman–Crippen MR) is 119 cm³/mol. The third-order valence-corrected chi connectivity index (χ3v) is 4.82. The van der Waals surface area contributed by atoms with E-state index in [2.05, 4.69) is 10.3 Å². The molecule has 1 aliphatic rings. The first-order valence-corrected chi connectivity index (χ1v) is 9.48. The number of nitrogens with one attached hydrogen (secondary N) is 1. The lowest BCUT2D eigenvalue weighted by Gasteiger charge is -2.32. The van der Waals surface area contributed by atoms with E-state index in [1.165, 1.54) is 6.42 Å². The van der Waals surface area contributed by atoms with Crippen molar-refractivity contribution in [3.05, 3.63) is 48.7 Å². The molecule has 0 radical (unpaired) electrons. The Balaban J connectivity index is 0.00000210. The minimum atomic E-state index is 0. The normalized spacial score (nSPS) is 13.8. The molecule has 1 saturated heterocycles. The molecule has 1 aliphatic heterocycles. The zero-order valence-corrected chi connectivity index (χ0v) is 18.2. The fraction of sp³-hybridized carbons (Fsp3) is 0.429. The van der Waals surface area contributed by atoms with Gasteiger partial charge in [0.25, 0.3) is 5.91 Å². The Labute approximate surface area is 184 Å². The molecule has 0 saturated carbocycles. The third kappa shape index (κ3) is 8.09. The molecule has 6 nitrogen and oxygen atoms in total. The summed E-state index contributed by atoms with van der Waals surface area (Å²) in [6, 6.07) is 12.7. The van der Waals surface area contributed by atoms with Gasteiger partial charge >= 0.3 is 0 Å². The molecule has 1 amide bonds. The molecular formula is C21H29Cl2N3O3. The number of likely N-dealkylation sites (tertiary alicyclic amines) is 1. The molecule has 1 fully saturated rings. The van der Waals surface area contributed by atoms with Gasteiger partial charge in [-0.15, -0.1) is 24.8 Å². The molecule has 0 spiro atoms. The summed E-state index contributed by atoms with van der Waals surface area (Å²) in [6.45, 7) is 2.77. The van der Waals surface area contributed by atoms with Crippen molar-refractivity contribution in [1.29, 1.82) is 0 Å². The van der Waals surface area contributed by atoms with Crippen LogP contribution in [0, 0.1) is 5.92 Å². The lowest BCUT2D eigenvalue weighted by molar-refractivity contribution is -0.134. The molecule has 0 bridgehead atoms. The SMILES string of the molecule is CNCCC1CCN(C(=O)COc2ccc(Oc3ccccn3)cc2)CC1.Cl.Cl. The van der Waals surface area contributed by atoms with Crippen molar-refractivity contribution < 1.29 is 14.3 Å². The van der Waals surface area contributed by atoms with Gasteiger partial charge in [0.1, 0.15) is 11.5 Å². The molecule has 0 unspecified atom stereocenters. The van der Waals surface area contributed by atoms with Crippen molar-refractivity contribution in [2.24, 2.45) is 5.92 Å². The highest BCUT2D eigenvalue weighted by atomic mass is 35.5. The first kappa shape index (κ1) is 25.0. The summed E-state index contributed by atoms with van der Waals surface area (Å²) in [5.41, 5.74) is 0. The molecule has 2 aromatic rings. The number of nitrogens with zero attached hydrogens (tertiary/aromatic N) is 2. The average Bonchev–Trinajstić information content (AvgIpc) is 2.72. The number of carbonyl (C=O) groups excluding carboxylic acids is 1. The second-order valence-corrected chi connectivity index (χ2v) is 6.75. The van der Waals surface area contributed by atoms with E-state index in [0.29, 0.717) is 23.3 Å². The van der Waals surface area contributed by atoms with Crippen LogP contribution in [0.25, 0.3) is 0 Å². The molecule has 1 aromatic heterocycles. The predicted octanol–water partition coefficient (Wildman–Crippen LogP) is 3.94. The van der Waals surface area contributed by atoms with E-state index in [0.717, 1.165) is 32.5 Å². The zero-order chi connectivity index (χ0) is 18.9. The van der Waals surface area contributed by atoms with E-state index in [1.54, 1.807) is 24.4 Å². The van der Waals surface area contributed by atoms with Crippen molar-refractivity contribution in [3.63, 3.8) is 0 Å². The van der Waals surface area contributed by atoms with Gasteiger partial charge in [0.15, 0.2) is 6.61 Å². The van der Waals surface area contributed by atoms with Crippen molar-refractivity contribution in [2.75, 3.05) is 33.3 Å². The number of hydrogen-bond acceptors (Lipinski definition) is 5. The minimum Gasteiger partial charge on any atom is -0.484 e. The number of piperidine rings is 1. The number of aromatic nitrogens is 1. The molecule has 160 valence electrons. The minimum absolute atomic E-state index is 0. The molecular weight excluding hydrogens is 413 g/mol. The maximum Gasteiger partial charge on any atom is 0.260 e. The summed E-state index contributed by atoms with van der Waals surface area (Å²) in [5.74, 6) is 2.64.